The number of para-hydroxylation sites is 1. The van der Waals surface area contributed by atoms with E-state index in [0.29, 0.717) is 11.3 Å². The maximum atomic E-state index is 12.5. The van der Waals surface area contributed by atoms with Crippen LogP contribution in [0.5, 0.6) is 5.75 Å². The number of nitrogens with zero attached hydrogens (tertiary/aromatic N) is 3. The Hall–Kier alpha value is -2.15. The summed E-state index contributed by atoms with van der Waals surface area (Å²) in [5.41, 5.74) is 0.968. The van der Waals surface area contributed by atoms with E-state index in [1.807, 2.05) is 24.3 Å². The van der Waals surface area contributed by atoms with Crippen LogP contribution in [0.15, 0.2) is 24.3 Å². The Balaban J connectivity index is 2.09. The van der Waals surface area contributed by atoms with Crippen LogP contribution in [0.25, 0.3) is 0 Å². The number of ether oxygens (including phenoxy) is 1. The lowest BCUT2D eigenvalue weighted by Gasteiger charge is -2.19. The minimum absolute atomic E-state index is 0.0224. The third kappa shape index (κ3) is 4.19. The van der Waals surface area contributed by atoms with E-state index in [1.54, 1.807) is 23.6 Å². The molecule has 6 nitrogen and oxygen atoms in total. The average Bonchev–Trinajstić information content (AvgIpc) is 2.89. The Morgan fingerprint density at radius 3 is 2.87 bits per heavy atom. The molecular weight excluding hydrogens is 312 g/mol. The molecule has 0 aliphatic heterocycles. The minimum atomic E-state index is -0.0224. The molecule has 2 aromatic rings. The maximum Gasteiger partial charge on any atom is 0.242 e. The van der Waals surface area contributed by atoms with Gasteiger partial charge < -0.3 is 9.64 Å². The quantitative estimate of drug-likeness (QED) is 0.791. The van der Waals surface area contributed by atoms with Crippen molar-refractivity contribution in [1.29, 1.82) is 0 Å². The van der Waals surface area contributed by atoms with Crippen molar-refractivity contribution in [3.05, 3.63) is 40.4 Å². The number of nitrogens with one attached hydrogen (secondary N) is 1. The molecule has 1 heterocycles. The SMILES string of the molecule is CCCc1n[nH]c(=S)n1CC(=O)N(C)Cc1ccccc1OC. The molecule has 1 aromatic heterocycles. The number of amides is 1. The van der Waals surface area contributed by atoms with Gasteiger partial charge in [-0.05, 0) is 24.7 Å². The first-order chi connectivity index (χ1) is 11.1. The second-order valence-electron chi connectivity index (χ2n) is 5.34. The molecule has 0 saturated carbocycles. The summed E-state index contributed by atoms with van der Waals surface area (Å²) in [6.07, 6.45) is 1.74. The van der Waals surface area contributed by atoms with E-state index < -0.39 is 0 Å². The van der Waals surface area contributed by atoms with E-state index in [-0.39, 0.29) is 12.5 Å². The molecule has 1 N–H and O–H groups in total. The third-order valence-corrected chi connectivity index (χ3v) is 3.94. The van der Waals surface area contributed by atoms with Crippen molar-refractivity contribution in [3.8, 4) is 5.75 Å². The van der Waals surface area contributed by atoms with Crippen LogP contribution in [-0.4, -0.2) is 39.7 Å². The lowest BCUT2D eigenvalue weighted by molar-refractivity contribution is -0.131. The van der Waals surface area contributed by atoms with Gasteiger partial charge in [0.15, 0.2) is 4.77 Å². The summed E-state index contributed by atoms with van der Waals surface area (Å²) in [5, 5.41) is 6.94. The number of aromatic nitrogens is 3. The largest absolute Gasteiger partial charge is 0.496 e. The molecular formula is C16H22N4O2S. The Morgan fingerprint density at radius 1 is 1.43 bits per heavy atom. The molecule has 0 saturated heterocycles. The fraction of sp³-hybridized carbons (Fsp3) is 0.438. The van der Waals surface area contributed by atoms with Crippen molar-refractivity contribution in [2.45, 2.75) is 32.9 Å². The topological polar surface area (TPSA) is 63.2 Å². The maximum absolute atomic E-state index is 12.5. The molecule has 0 spiro atoms. The lowest BCUT2D eigenvalue weighted by atomic mass is 10.2. The van der Waals surface area contributed by atoms with Gasteiger partial charge in [0.1, 0.15) is 18.1 Å². The van der Waals surface area contributed by atoms with Crippen molar-refractivity contribution < 1.29 is 9.53 Å². The highest BCUT2D eigenvalue weighted by atomic mass is 32.1. The number of rotatable bonds is 7. The van der Waals surface area contributed by atoms with Gasteiger partial charge >= 0.3 is 0 Å². The van der Waals surface area contributed by atoms with Crippen molar-refractivity contribution in [2.75, 3.05) is 14.2 Å². The van der Waals surface area contributed by atoms with Gasteiger partial charge in [-0.15, -0.1) is 0 Å². The second kappa shape index (κ2) is 7.92. The smallest absolute Gasteiger partial charge is 0.242 e. The van der Waals surface area contributed by atoms with Gasteiger partial charge in [0.2, 0.25) is 5.91 Å². The summed E-state index contributed by atoms with van der Waals surface area (Å²) in [6.45, 7) is 2.74. The molecule has 1 aromatic carbocycles. The molecule has 0 fully saturated rings. The van der Waals surface area contributed by atoms with E-state index in [1.165, 1.54) is 0 Å². The van der Waals surface area contributed by atoms with Crippen molar-refractivity contribution in [1.82, 2.24) is 19.7 Å². The Morgan fingerprint density at radius 2 is 2.17 bits per heavy atom. The molecule has 2 rings (SSSR count). The van der Waals surface area contributed by atoms with Crippen LogP contribution in [0, 0.1) is 4.77 Å². The number of carbonyl (C=O) groups is 1. The summed E-state index contributed by atoms with van der Waals surface area (Å²) in [6, 6.07) is 7.68. The fourth-order valence-electron chi connectivity index (χ4n) is 2.36. The number of aryl methyl sites for hydroxylation is 1. The molecule has 0 radical (unpaired) electrons. The first-order valence-electron chi connectivity index (χ1n) is 7.56. The molecule has 0 aliphatic rings. The minimum Gasteiger partial charge on any atom is -0.496 e. The molecule has 1 amide bonds. The molecule has 23 heavy (non-hydrogen) atoms. The van der Waals surface area contributed by atoms with Crippen LogP contribution in [-0.2, 0) is 24.3 Å². The molecule has 7 heteroatoms. The first-order valence-corrected chi connectivity index (χ1v) is 7.97. The van der Waals surface area contributed by atoms with E-state index in [4.69, 9.17) is 17.0 Å². The first kappa shape index (κ1) is 17.2. The van der Waals surface area contributed by atoms with Gasteiger partial charge in [-0.2, -0.15) is 5.10 Å². The van der Waals surface area contributed by atoms with Crippen molar-refractivity contribution in [2.24, 2.45) is 0 Å². The molecule has 0 bridgehead atoms. The number of likely N-dealkylation sites (N-methyl/N-ethyl adjacent to an activating group) is 1. The van der Waals surface area contributed by atoms with Gasteiger partial charge in [-0.3, -0.25) is 14.5 Å². The van der Waals surface area contributed by atoms with Crippen LogP contribution in [0.2, 0.25) is 0 Å². The molecule has 0 atom stereocenters. The molecule has 124 valence electrons. The number of methoxy groups -OCH3 is 1. The average molecular weight is 334 g/mol. The summed E-state index contributed by atoms with van der Waals surface area (Å²) in [4.78, 5) is 14.2. The monoisotopic (exact) mass is 334 g/mol. The highest BCUT2D eigenvalue weighted by Gasteiger charge is 2.15. The number of hydrogen-bond donors (Lipinski definition) is 1. The van der Waals surface area contributed by atoms with Crippen LogP contribution in [0.4, 0.5) is 0 Å². The van der Waals surface area contributed by atoms with Gasteiger partial charge in [-0.25, -0.2) is 0 Å². The molecule has 0 unspecified atom stereocenters. The Labute approximate surface area is 141 Å². The zero-order valence-electron chi connectivity index (χ0n) is 13.7. The predicted molar refractivity (Wildman–Crippen MR) is 90.9 cm³/mol. The van der Waals surface area contributed by atoms with Crippen molar-refractivity contribution in [3.63, 3.8) is 0 Å². The van der Waals surface area contributed by atoms with Crippen LogP contribution < -0.4 is 4.74 Å². The van der Waals surface area contributed by atoms with Crippen LogP contribution in [0.1, 0.15) is 24.7 Å². The second-order valence-corrected chi connectivity index (χ2v) is 5.73. The zero-order chi connectivity index (χ0) is 16.8. The van der Waals surface area contributed by atoms with Crippen LogP contribution >= 0.6 is 12.2 Å². The highest BCUT2D eigenvalue weighted by Crippen LogP contribution is 2.18. The number of aromatic amines is 1. The lowest BCUT2D eigenvalue weighted by Crippen LogP contribution is -2.30. The van der Waals surface area contributed by atoms with E-state index in [0.717, 1.165) is 30.0 Å². The Bertz CT molecular complexity index is 723. The van der Waals surface area contributed by atoms with E-state index >= 15 is 0 Å². The highest BCUT2D eigenvalue weighted by molar-refractivity contribution is 7.71. The fourth-order valence-corrected chi connectivity index (χ4v) is 2.58. The van der Waals surface area contributed by atoms with Crippen LogP contribution in [0.3, 0.4) is 0 Å². The third-order valence-electron chi connectivity index (χ3n) is 3.63. The normalized spacial score (nSPS) is 10.6. The molecule has 0 aliphatic carbocycles. The summed E-state index contributed by atoms with van der Waals surface area (Å²) >= 11 is 5.22. The zero-order valence-corrected chi connectivity index (χ0v) is 14.5. The van der Waals surface area contributed by atoms with E-state index in [2.05, 4.69) is 17.1 Å². The number of H-pyrrole nitrogens is 1. The van der Waals surface area contributed by atoms with Gasteiger partial charge in [0, 0.05) is 25.6 Å². The number of carbonyl (C=O) groups excluding carboxylic acids is 1. The van der Waals surface area contributed by atoms with Gasteiger partial charge in [-0.1, -0.05) is 25.1 Å². The summed E-state index contributed by atoms with van der Waals surface area (Å²) < 4.78 is 7.57. The van der Waals surface area contributed by atoms with Crippen molar-refractivity contribution >= 4 is 18.1 Å². The van der Waals surface area contributed by atoms with Gasteiger partial charge in [0.25, 0.3) is 0 Å². The van der Waals surface area contributed by atoms with Gasteiger partial charge in [0.05, 0.1) is 7.11 Å². The predicted octanol–water partition coefficient (Wildman–Crippen LogP) is 2.56. The van der Waals surface area contributed by atoms with E-state index in [9.17, 15) is 4.79 Å². The Kier molecular flexibility index (Phi) is 5.92. The number of benzene rings is 1. The summed E-state index contributed by atoms with van der Waals surface area (Å²) in [5.74, 6) is 1.57. The summed E-state index contributed by atoms with van der Waals surface area (Å²) in [7, 11) is 3.40. The number of hydrogen-bond acceptors (Lipinski definition) is 4. The standard InChI is InChI=1S/C16H22N4O2S/c1-4-7-14-17-18-16(23)20(14)11-15(21)19(2)10-12-8-5-6-9-13(12)22-3/h5-6,8-9H,4,7,10-11H2,1-3H3,(H,18,23).